The van der Waals surface area contributed by atoms with Gasteiger partial charge in [-0.15, -0.1) is 5.10 Å². The summed E-state index contributed by atoms with van der Waals surface area (Å²) < 4.78 is 28.8. The molecule has 0 N–H and O–H groups in total. The standard InChI is InChI=1S/C20H22N4O2S/c25-27(26,14-12-17-7-3-1-4-8-17)23-13-11-19(15-23)24-16-20(21-22-24)18-9-5-2-6-10-18/h1-10,16,19H,11-15H2/t19-/m0/s1. The Bertz CT molecular complexity index is 987. The van der Waals surface area contributed by atoms with E-state index < -0.39 is 10.0 Å². The molecule has 27 heavy (non-hydrogen) atoms. The van der Waals surface area contributed by atoms with Crippen LogP contribution in [0.3, 0.4) is 0 Å². The molecule has 0 spiro atoms. The van der Waals surface area contributed by atoms with Gasteiger partial charge in [-0.05, 0) is 18.4 Å². The molecule has 140 valence electrons. The van der Waals surface area contributed by atoms with Gasteiger partial charge in [0.2, 0.25) is 10.0 Å². The van der Waals surface area contributed by atoms with Gasteiger partial charge in [-0.2, -0.15) is 4.31 Å². The molecule has 1 fully saturated rings. The maximum atomic E-state index is 12.7. The van der Waals surface area contributed by atoms with Crippen molar-refractivity contribution < 1.29 is 8.42 Å². The summed E-state index contributed by atoms with van der Waals surface area (Å²) in [6.07, 6.45) is 3.19. The third kappa shape index (κ3) is 4.09. The number of aromatic nitrogens is 3. The highest BCUT2D eigenvalue weighted by Crippen LogP contribution is 2.25. The Kier molecular flexibility index (Phi) is 5.05. The van der Waals surface area contributed by atoms with Gasteiger partial charge in [-0.1, -0.05) is 65.9 Å². The van der Waals surface area contributed by atoms with Crippen LogP contribution in [-0.2, 0) is 16.4 Å². The summed E-state index contributed by atoms with van der Waals surface area (Å²) in [7, 11) is -3.27. The minimum atomic E-state index is -3.27. The second-order valence-corrected chi connectivity index (χ2v) is 8.89. The molecule has 0 saturated carbocycles. The van der Waals surface area contributed by atoms with E-state index in [2.05, 4.69) is 10.3 Å². The van der Waals surface area contributed by atoms with E-state index in [9.17, 15) is 8.42 Å². The molecule has 0 unspecified atom stereocenters. The molecule has 3 aromatic rings. The van der Waals surface area contributed by atoms with Gasteiger partial charge < -0.3 is 0 Å². The number of nitrogens with zero attached hydrogens (tertiary/aromatic N) is 4. The van der Waals surface area contributed by atoms with Crippen LogP contribution in [0.1, 0.15) is 18.0 Å². The van der Waals surface area contributed by atoms with Crippen molar-refractivity contribution >= 4 is 10.0 Å². The Morgan fingerprint density at radius 1 is 1.00 bits per heavy atom. The molecule has 1 aliphatic heterocycles. The lowest BCUT2D eigenvalue weighted by molar-refractivity contribution is 0.428. The predicted molar refractivity (Wildman–Crippen MR) is 105 cm³/mol. The Hall–Kier alpha value is -2.51. The topological polar surface area (TPSA) is 68.1 Å². The summed E-state index contributed by atoms with van der Waals surface area (Å²) in [5, 5.41) is 8.47. The van der Waals surface area contributed by atoms with Gasteiger partial charge in [-0.25, -0.2) is 13.1 Å². The molecule has 7 heteroatoms. The van der Waals surface area contributed by atoms with Gasteiger partial charge in [0.15, 0.2) is 0 Å². The normalized spacial score (nSPS) is 18.0. The number of hydrogen-bond donors (Lipinski definition) is 0. The molecule has 1 aliphatic rings. The molecular formula is C20H22N4O2S. The SMILES string of the molecule is O=S(=O)(CCc1ccccc1)N1CC[C@H](n2cc(-c3ccccc3)nn2)C1. The lowest BCUT2D eigenvalue weighted by atomic mass is 10.2. The van der Waals surface area contributed by atoms with Gasteiger partial charge in [0.05, 0.1) is 18.0 Å². The van der Waals surface area contributed by atoms with Crippen LogP contribution in [0.2, 0.25) is 0 Å². The zero-order valence-electron chi connectivity index (χ0n) is 15.0. The first-order valence-electron chi connectivity index (χ1n) is 9.11. The molecule has 1 atom stereocenters. The predicted octanol–water partition coefficient (Wildman–Crippen LogP) is 2.76. The van der Waals surface area contributed by atoms with Crippen LogP contribution in [0.4, 0.5) is 0 Å². The van der Waals surface area contributed by atoms with Crippen molar-refractivity contribution in [3.05, 3.63) is 72.4 Å². The van der Waals surface area contributed by atoms with Crippen molar-refractivity contribution in [1.29, 1.82) is 0 Å². The molecule has 2 aromatic carbocycles. The second kappa shape index (κ2) is 7.62. The van der Waals surface area contributed by atoms with Crippen molar-refractivity contribution in [2.45, 2.75) is 18.9 Å². The third-order valence-electron chi connectivity index (χ3n) is 4.96. The van der Waals surface area contributed by atoms with Gasteiger partial charge in [-0.3, -0.25) is 0 Å². The molecule has 0 aliphatic carbocycles. The van der Waals surface area contributed by atoms with Crippen LogP contribution in [0.25, 0.3) is 11.3 Å². The van der Waals surface area contributed by atoms with Crippen LogP contribution in [-0.4, -0.2) is 46.6 Å². The van der Waals surface area contributed by atoms with E-state index in [0.29, 0.717) is 19.5 Å². The average molecular weight is 382 g/mol. The van der Waals surface area contributed by atoms with Crippen LogP contribution in [0.15, 0.2) is 66.9 Å². The minimum absolute atomic E-state index is 0.0291. The maximum absolute atomic E-state index is 12.7. The van der Waals surface area contributed by atoms with Crippen LogP contribution in [0.5, 0.6) is 0 Å². The average Bonchev–Trinajstić information content (AvgIpc) is 3.38. The van der Waals surface area contributed by atoms with E-state index in [0.717, 1.165) is 23.2 Å². The molecule has 1 aromatic heterocycles. The Balaban J connectivity index is 1.40. The van der Waals surface area contributed by atoms with E-state index in [-0.39, 0.29) is 11.8 Å². The molecule has 2 heterocycles. The molecule has 0 amide bonds. The minimum Gasteiger partial charge on any atom is -0.247 e. The Labute approximate surface area is 159 Å². The summed E-state index contributed by atoms with van der Waals surface area (Å²) in [5.41, 5.74) is 2.86. The summed E-state index contributed by atoms with van der Waals surface area (Å²) in [4.78, 5) is 0. The zero-order chi connectivity index (χ0) is 18.7. The van der Waals surface area contributed by atoms with Crippen molar-refractivity contribution in [2.75, 3.05) is 18.8 Å². The van der Waals surface area contributed by atoms with E-state index in [4.69, 9.17) is 0 Å². The van der Waals surface area contributed by atoms with E-state index in [1.807, 2.05) is 66.9 Å². The molecule has 6 nitrogen and oxygen atoms in total. The smallest absolute Gasteiger partial charge is 0.214 e. The number of hydrogen-bond acceptors (Lipinski definition) is 4. The number of sulfonamides is 1. The lowest BCUT2D eigenvalue weighted by Gasteiger charge is -2.16. The first kappa shape index (κ1) is 17.9. The fourth-order valence-corrected chi connectivity index (χ4v) is 4.93. The van der Waals surface area contributed by atoms with Crippen molar-refractivity contribution in [3.63, 3.8) is 0 Å². The van der Waals surface area contributed by atoms with Gasteiger partial charge in [0.1, 0.15) is 5.69 Å². The molecule has 0 bridgehead atoms. The lowest BCUT2D eigenvalue weighted by Crippen LogP contribution is -2.32. The summed E-state index contributed by atoms with van der Waals surface area (Å²) in [6.45, 7) is 0.983. The molecular weight excluding hydrogens is 360 g/mol. The zero-order valence-corrected chi connectivity index (χ0v) is 15.8. The highest BCUT2D eigenvalue weighted by atomic mass is 32.2. The summed E-state index contributed by atoms with van der Waals surface area (Å²) >= 11 is 0. The van der Waals surface area contributed by atoms with E-state index in [1.54, 1.807) is 8.99 Å². The largest absolute Gasteiger partial charge is 0.247 e. The summed E-state index contributed by atoms with van der Waals surface area (Å²) in [5.74, 6) is 0.135. The van der Waals surface area contributed by atoms with Gasteiger partial charge in [0, 0.05) is 18.7 Å². The van der Waals surface area contributed by atoms with Crippen molar-refractivity contribution in [3.8, 4) is 11.3 Å². The fraction of sp³-hybridized carbons (Fsp3) is 0.300. The number of rotatable bonds is 6. The monoisotopic (exact) mass is 382 g/mol. The molecule has 4 rings (SSSR count). The summed E-state index contributed by atoms with van der Waals surface area (Å²) in [6, 6.07) is 19.6. The first-order valence-corrected chi connectivity index (χ1v) is 10.7. The number of benzene rings is 2. The molecule has 0 radical (unpaired) electrons. The van der Waals surface area contributed by atoms with Crippen LogP contribution >= 0.6 is 0 Å². The van der Waals surface area contributed by atoms with Crippen LogP contribution < -0.4 is 0 Å². The fourth-order valence-electron chi connectivity index (χ4n) is 3.40. The number of aryl methyl sites for hydroxylation is 1. The van der Waals surface area contributed by atoms with Crippen molar-refractivity contribution in [2.24, 2.45) is 0 Å². The van der Waals surface area contributed by atoms with Crippen molar-refractivity contribution in [1.82, 2.24) is 19.3 Å². The Morgan fingerprint density at radius 2 is 1.70 bits per heavy atom. The molecule has 1 saturated heterocycles. The van der Waals surface area contributed by atoms with Crippen LogP contribution in [0, 0.1) is 0 Å². The highest BCUT2D eigenvalue weighted by Gasteiger charge is 2.32. The maximum Gasteiger partial charge on any atom is 0.214 e. The second-order valence-electron chi connectivity index (χ2n) is 6.80. The third-order valence-corrected chi connectivity index (χ3v) is 6.80. The van der Waals surface area contributed by atoms with E-state index >= 15 is 0 Å². The first-order chi connectivity index (χ1) is 13.1. The van der Waals surface area contributed by atoms with Gasteiger partial charge >= 0.3 is 0 Å². The van der Waals surface area contributed by atoms with Gasteiger partial charge in [0.25, 0.3) is 0 Å². The van der Waals surface area contributed by atoms with E-state index in [1.165, 1.54) is 0 Å². The quantitative estimate of drug-likeness (QED) is 0.657. The highest BCUT2D eigenvalue weighted by molar-refractivity contribution is 7.89. The Morgan fingerprint density at radius 3 is 2.44 bits per heavy atom.